The summed E-state index contributed by atoms with van der Waals surface area (Å²) in [6.07, 6.45) is 0. The van der Waals surface area contributed by atoms with Crippen LogP contribution in [0.1, 0.15) is 13.8 Å². The number of rotatable bonds is 9. The fourth-order valence-electron chi connectivity index (χ4n) is 0.938. The largest absolute Gasteiger partial charge is 0.382 e. The number of hydrogen-bond donors (Lipinski definition) is 1. The van der Waals surface area contributed by atoms with Crippen LogP contribution < -0.4 is 5.32 Å². The van der Waals surface area contributed by atoms with Crippen LogP contribution in [0.4, 0.5) is 0 Å². The Bertz CT molecular complexity index is 125. The maximum atomic E-state index is 5.34. The van der Waals surface area contributed by atoms with Crippen LogP contribution in [0.25, 0.3) is 0 Å². The number of ether oxygens (including phenoxy) is 2. The van der Waals surface area contributed by atoms with E-state index in [-0.39, 0.29) is 0 Å². The summed E-state index contributed by atoms with van der Waals surface area (Å²) in [5.74, 6) is 0.647. The van der Waals surface area contributed by atoms with Gasteiger partial charge in [-0.25, -0.2) is 0 Å². The van der Waals surface area contributed by atoms with Crippen molar-refractivity contribution < 1.29 is 9.47 Å². The molecule has 0 spiro atoms. The second-order valence-electron chi connectivity index (χ2n) is 3.48. The van der Waals surface area contributed by atoms with Crippen molar-refractivity contribution in [3.05, 3.63) is 0 Å². The number of hydrogen-bond acceptors (Lipinski definition) is 3. The van der Waals surface area contributed by atoms with Gasteiger partial charge >= 0.3 is 0 Å². The number of halogens is 1. The second kappa shape index (κ2) is 9.90. The molecule has 0 saturated carbocycles. The van der Waals surface area contributed by atoms with Gasteiger partial charge in [0.1, 0.15) is 0 Å². The van der Waals surface area contributed by atoms with Gasteiger partial charge in [0.05, 0.1) is 19.8 Å². The molecular formula is C10H22BrNO2. The molecular weight excluding hydrogens is 246 g/mol. The lowest BCUT2D eigenvalue weighted by atomic mass is 10.1. The average molecular weight is 268 g/mol. The van der Waals surface area contributed by atoms with E-state index in [9.17, 15) is 0 Å². The van der Waals surface area contributed by atoms with E-state index >= 15 is 0 Å². The third kappa shape index (κ3) is 7.74. The first-order valence-corrected chi connectivity index (χ1v) is 6.20. The summed E-state index contributed by atoms with van der Waals surface area (Å²) in [5, 5.41) is 4.45. The van der Waals surface area contributed by atoms with Gasteiger partial charge < -0.3 is 14.8 Å². The fraction of sp³-hybridized carbons (Fsp3) is 1.00. The third-order valence-electron chi connectivity index (χ3n) is 2.24. The molecule has 0 aliphatic heterocycles. The molecule has 0 aliphatic carbocycles. The molecule has 0 aromatic carbocycles. The summed E-state index contributed by atoms with van der Waals surface area (Å²) in [6.45, 7) is 7.43. The van der Waals surface area contributed by atoms with Gasteiger partial charge in [-0.05, 0) is 12.8 Å². The highest BCUT2D eigenvalue weighted by Gasteiger charge is 2.08. The van der Waals surface area contributed by atoms with Gasteiger partial charge in [0.15, 0.2) is 0 Å². The highest BCUT2D eigenvalue weighted by atomic mass is 79.9. The quantitative estimate of drug-likeness (QED) is 0.509. The molecule has 4 heteroatoms. The van der Waals surface area contributed by atoms with E-state index in [1.54, 1.807) is 7.11 Å². The molecule has 0 rings (SSSR count). The van der Waals surface area contributed by atoms with Crippen molar-refractivity contribution in [2.24, 2.45) is 5.92 Å². The van der Waals surface area contributed by atoms with Crippen LogP contribution in [0, 0.1) is 5.92 Å². The van der Waals surface area contributed by atoms with Crippen LogP contribution in [0.5, 0.6) is 0 Å². The summed E-state index contributed by atoms with van der Waals surface area (Å²) in [6, 6.07) is 0.528. The van der Waals surface area contributed by atoms with Crippen LogP contribution in [0.2, 0.25) is 0 Å². The summed E-state index contributed by atoms with van der Waals surface area (Å²) in [4.78, 5) is 0. The highest BCUT2D eigenvalue weighted by molar-refractivity contribution is 9.09. The monoisotopic (exact) mass is 267 g/mol. The van der Waals surface area contributed by atoms with E-state index in [2.05, 4.69) is 35.1 Å². The van der Waals surface area contributed by atoms with Crippen LogP contribution >= 0.6 is 15.9 Å². The molecule has 0 saturated heterocycles. The molecule has 0 aromatic rings. The van der Waals surface area contributed by atoms with Crippen molar-refractivity contribution >= 4 is 15.9 Å². The first kappa shape index (κ1) is 14.4. The van der Waals surface area contributed by atoms with Crippen molar-refractivity contribution in [3.8, 4) is 0 Å². The molecule has 1 N–H and O–H groups in total. The molecule has 0 radical (unpaired) electrons. The topological polar surface area (TPSA) is 30.5 Å². The van der Waals surface area contributed by atoms with Crippen LogP contribution in [-0.4, -0.2) is 44.8 Å². The summed E-state index contributed by atoms with van der Waals surface area (Å²) in [5.41, 5.74) is 0. The number of nitrogens with one attached hydrogen (secondary N) is 1. The predicted molar refractivity (Wildman–Crippen MR) is 63.1 cm³/mol. The zero-order chi connectivity index (χ0) is 10.8. The summed E-state index contributed by atoms with van der Waals surface area (Å²) < 4.78 is 10.2. The lowest BCUT2D eigenvalue weighted by Crippen LogP contribution is -2.35. The van der Waals surface area contributed by atoms with Gasteiger partial charge in [-0.15, -0.1) is 0 Å². The molecule has 2 atom stereocenters. The van der Waals surface area contributed by atoms with Gasteiger partial charge in [0, 0.05) is 25.0 Å². The minimum Gasteiger partial charge on any atom is -0.382 e. The Morgan fingerprint density at radius 1 is 1.21 bits per heavy atom. The molecule has 0 aliphatic rings. The Kier molecular flexibility index (Phi) is 10.2. The van der Waals surface area contributed by atoms with Crippen LogP contribution in [0.3, 0.4) is 0 Å². The average Bonchev–Trinajstić information content (AvgIpc) is 2.21. The van der Waals surface area contributed by atoms with E-state index in [0.717, 1.165) is 18.5 Å². The Balaban J connectivity index is 3.18. The van der Waals surface area contributed by atoms with Crippen molar-refractivity contribution in [1.82, 2.24) is 5.32 Å². The standard InChI is InChI=1S/C10H22BrNO2/c1-9(8-11)10(2)12-4-5-14-7-6-13-3/h9-10,12H,4-8H2,1-3H3. The molecule has 0 amide bonds. The van der Waals surface area contributed by atoms with Gasteiger partial charge in [-0.1, -0.05) is 22.9 Å². The minimum atomic E-state index is 0.528. The van der Waals surface area contributed by atoms with E-state index in [0.29, 0.717) is 25.2 Å². The molecule has 86 valence electrons. The van der Waals surface area contributed by atoms with Gasteiger partial charge in [-0.2, -0.15) is 0 Å². The first-order valence-electron chi connectivity index (χ1n) is 5.08. The van der Waals surface area contributed by atoms with E-state index in [4.69, 9.17) is 9.47 Å². The molecule has 14 heavy (non-hydrogen) atoms. The minimum absolute atomic E-state index is 0.528. The molecule has 2 unspecified atom stereocenters. The molecule has 0 fully saturated rings. The molecule has 0 bridgehead atoms. The van der Waals surface area contributed by atoms with Crippen LogP contribution in [-0.2, 0) is 9.47 Å². The van der Waals surface area contributed by atoms with Crippen LogP contribution in [0.15, 0.2) is 0 Å². The highest BCUT2D eigenvalue weighted by Crippen LogP contribution is 2.05. The van der Waals surface area contributed by atoms with E-state index < -0.39 is 0 Å². The Morgan fingerprint density at radius 2 is 1.93 bits per heavy atom. The molecule has 0 heterocycles. The zero-order valence-corrected chi connectivity index (χ0v) is 11.0. The lowest BCUT2D eigenvalue weighted by molar-refractivity contribution is 0.0707. The van der Waals surface area contributed by atoms with E-state index in [1.807, 2.05) is 0 Å². The number of alkyl halides is 1. The van der Waals surface area contributed by atoms with Gasteiger partial charge in [0.2, 0.25) is 0 Å². The number of methoxy groups -OCH3 is 1. The zero-order valence-electron chi connectivity index (χ0n) is 9.38. The maximum absolute atomic E-state index is 5.34. The molecule has 3 nitrogen and oxygen atoms in total. The maximum Gasteiger partial charge on any atom is 0.0700 e. The summed E-state index contributed by atoms with van der Waals surface area (Å²) in [7, 11) is 1.68. The van der Waals surface area contributed by atoms with Crippen molar-refractivity contribution in [2.75, 3.05) is 38.8 Å². The Hall–Kier alpha value is 0.360. The third-order valence-corrected chi connectivity index (χ3v) is 3.26. The predicted octanol–water partition coefficient (Wildman–Crippen LogP) is 1.66. The summed E-state index contributed by atoms with van der Waals surface area (Å²) >= 11 is 3.47. The lowest BCUT2D eigenvalue weighted by Gasteiger charge is -2.19. The SMILES string of the molecule is COCCOCCNC(C)C(C)CBr. The first-order chi connectivity index (χ1) is 6.72. The Morgan fingerprint density at radius 3 is 2.50 bits per heavy atom. The van der Waals surface area contributed by atoms with E-state index in [1.165, 1.54) is 0 Å². The molecule has 0 aromatic heterocycles. The van der Waals surface area contributed by atoms with Crippen molar-refractivity contribution in [1.29, 1.82) is 0 Å². The van der Waals surface area contributed by atoms with Gasteiger partial charge in [-0.3, -0.25) is 0 Å². The Labute approximate surface area is 95.7 Å². The second-order valence-corrected chi connectivity index (χ2v) is 4.13. The van der Waals surface area contributed by atoms with Crippen molar-refractivity contribution in [2.45, 2.75) is 19.9 Å². The van der Waals surface area contributed by atoms with Crippen molar-refractivity contribution in [3.63, 3.8) is 0 Å². The fourth-order valence-corrected chi connectivity index (χ4v) is 1.50. The smallest absolute Gasteiger partial charge is 0.0700 e. The van der Waals surface area contributed by atoms with Gasteiger partial charge in [0.25, 0.3) is 0 Å². The normalized spacial score (nSPS) is 15.4.